The number of hydrogen-bond donors (Lipinski definition) is 0. The fraction of sp³-hybridized carbons (Fsp3) is 0.889. The Labute approximate surface area is 73.3 Å². The fourth-order valence-electron chi connectivity index (χ4n) is 1.83. The topological polar surface area (TPSA) is 42.2 Å². The highest BCUT2D eigenvalue weighted by atomic mass is 16.5. The van der Waals surface area contributed by atoms with Crippen LogP contribution in [0.5, 0.6) is 0 Å². The first kappa shape index (κ1) is 9.50. The third-order valence-electron chi connectivity index (χ3n) is 2.62. The SMILES string of the molecule is COC1CCCCC1(C#N)OC. The van der Waals surface area contributed by atoms with E-state index < -0.39 is 5.60 Å². The maximum absolute atomic E-state index is 8.99. The molecule has 1 saturated carbocycles. The van der Waals surface area contributed by atoms with Gasteiger partial charge in [0.2, 0.25) is 0 Å². The van der Waals surface area contributed by atoms with Gasteiger partial charge in [0.15, 0.2) is 5.60 Å². The summed E-state index contributed by atoms with van der Waals surface area (Å²) in [5.41, 5.74) is -0.687. The zero-order valence-electron chi connectivity index (χ0n) is 7.67. The Hall–Kier alpha value is -0.590. The summed E-state index contributed by atoms with van der Waals surface area (Å²) in [7, 11) is 3.22. The van der Waals surface area contributed by atoms with Crippen LogP contribution in [0.2, 0.25) is 0 Å². The molecule has 2 unspecified atom stereocenters. The van der Waals surface area contributed by atoms with Crippen molar-refractivity contribution in [2.45, 2.75) is 37.4 Å². The molecule has 1 fully saturated rings. The molecule has 0 aromatic rings. The molecule has 2 atom stereocenters. The Morgan fingerprint density at radius 1 is 1.42 bits per heavy atom. The minimum atomic E-state index is -0.687. The van der Waals surface area contributed by atoms with Crippen LogP contribution in [-0.2, 0) is 9.47 Å². The lowest BCUT2D eigenvalue weighted by molar-refractivity contribution is -0.103. The molecule has 0 amide bonds. The molecule has 0 N–H and O–H groups in total. The number of hydrogen-bond acceptors (Lipinski definition) is 3. The lowest BCUT2D eigenvalue weighted by atomic mass is 9.83. The molecule has 0 bridgehead atoms. The third-order valence-corrected chi connectivity index (χ3v) is 2.62. The van der Waals surface area contributed by atoms with Gasteiger partial charge in [0, 0.05) is 14.2 Å². The van der Waals surface area contributed by atoms with E-state index in [1.54, 1.807) is 14.2 Å². The molecule has 0 aliphatic heterocycles. The van der Waals surface area contributed by atoms with Crippen LogP contribution >= 0.6 is 0 Å². The summed E-state index contributed by atoms with van der Waals surface area (Å²) in [4.78, 5) is 0. The van der Waals surface area contributed by atoms with Crippen molar-refractivity contribution in [2.75, 3.05) is 14.2 Å². The standard InChI is InChI=1S/C9H15NO2/c1-11-8-5-3-4-6-9(8,7-10)12-2/h8H,3-6H2,1-2H3. The van der Waals surface area contributed by atoms with Crippen LogP contribution < -0.4 is 0 Å². The molecule has 1 aliphatic carbocycles. The number of rotatable bonds is 2. The molecule has 0 aromatic heterocycles. The smallest absolute Gasteiger partial charge is 0.179 e. The Kier molecular flexibility index (Phi) is 3.07. The molecule has 12 heavy (non-hydrogen) atoms. The number of nitriles is 1. The van der Waals surface area contributed by atoms with Gasteiger partial charge in [-0.25, -0.2) is 0 Å². The van der Waals surface area contributed by atoms with Gasteiger partial charge in [0.1, 0.15) is 6.07 Å². The lowest BCUT2D eigenvalue weighted by Crippen LogP contribution is -2.46. The van der Waals surface area contributed by atoms with E-state index in [2.05, 4.69) is 6.07 Å². The second kappa shape index (κ2) is 3.88. The van der Waals surface area contributed by atoms with Gasteiger partial charge >= 0.3 is 0 Å². The summed E-state index contributed by atoms with van der Waals surface area (Å²) >= 11 is 0. The minimum absolute atomic E-state index is 0.0544. The van der Waals surface area contributed by atoms with Gasteiger partial charge in [-0.1, -0.05) is 6.42 Å². The summed E-state index contributed by atoms with van der Waals surface area (Å²) in [5, 5.41) is 8.99. The summed E-state index contributed by atoms with van der Waals surface area (Å²) in [6.45, 7) is 0. The molecule has 0 aromatic carbocycles. The van der Waals surface area contributed by atoms with Gasteiger partial charge in [0.25, 0.3) is 0 Å². The number of nitrogens with zero attached hydrogens (tertiary/aromatic N) is 1. The summed E-state index contributed by atoms with van der Waals surface area (Å²) < 4.78 is 10.5. The second-order valence-electron chi connectivity index (χ2n) is 3.18. The summed E-state index contributed by atoms with van der Waals surface area (Å²) in [6, 6.07) is 2.22. The predicted octanol–water partition coefficient (Wildman–Crippen LogP) is 1.48. The molecular formula is C9H15NO2. The average molecular weight is 169 g/mol. The zero-order chi connectivity index (χ0) is 9.03. The molecule has 3 heteroatoms. The molecule has 1 rings (SSSR count). The first-order valence-electron chi connectivity index (χ1n) is 4.28. The van der Waals surface area contributed by atoms with Crippen molar-refractivity contribution in [3.63, 3.8) is 0 Å². The lowest BCUT2D eigenvalue weighted by Gasteiger charge is -2.36. The van der Waals surface area contributed by atoms with Crippen LogP contribution in [0, 0.1) is 11.3 Å². The Balaban J connectivity index is 2.75. The summed E-state index contributed by atoms with van der Waals surface area (Å²) in [6.07, 6.45) is 3.85. The largest absolute Gasteiger partial charge is 0.377 e. The molecule has 0 spiro atoms. The predicted molar refractivity (Wildman–Crippen MR) is 44.6 cm³/mol. The highest BCUT2D eigenvalue weighted by Gasteiger charge is 2.41. The quantitative estimate of drug-likeness (QED) is 0.628. The van der Waals surface area contributed by atoms with Gasteiger partial charge in [-0.05, 0) is 19.3 Å². The van der Waals surface area contributed by atoms with Gasteiger partial charge < -0.3 is 9.47 Å². The van der Waals surface area contributed by atoms with Gasteiger partial charge in [-0.3, -0.25) is 0 Å². The van der Waals surface area contributed by atoms with E-state index in [-0.39, 0.29) is 6.10 Å². The van der Waals surface area contributed by atoms with Crippen molar-refractivity contribution >= 4 is 0 Å². The van der Waals surface area contributed by atoms with Crippen molar-refractivity contribution in [2.24, 2.45) is 0 Å². The molecule has 68 valence electrons. The summed E-state index contributed by atoms with van der Waals surface area (Å²) in [5.74, 6) is 0. The molecule has 0 saturated heterocycles. The second-order valence-corrected chi connectivity index (χ2v) is 3.18. The monoisotopic (exact) mass is 169 g/mol. The molecule has 0 radical (unpaired) electrons. The maximum Gasteiger partial charge on any atom is 0.179 e. The van der Waals surface area contributed by atoms with Crippen LogP contribution in [0.25, 0.3) is 0 Å². The normalized spacial score (nSPS) is 35.9. The molecule has 3 nitrogen and oxygen atoms in total. The Bertz CT molecular complexity index is 187. The third kappa shape index (κ3) is 1.45. The van der Waals surface area contributed by atoms with Crippen molar-refractivity contribution in [1.82, 2.24) is 0 Å². The van der Waals surface area contributed by atoms with E-state index >= 15 is 0 Å². The van der Waals surface area contributed by atoms with Crippen molar-refractivity contribution in [3.05, 3.63) is 0 Å². The van der Waals surface area contributed by atoms with Gasteiger partial charge in [-0.2, -0.15) is 5.26 Å². The van der Waals surface area contributed by atoms with Crippen LogP contribution in [0.1, 0.15) is 25.7 Å². The van der Waals surface area contributed by atoms with E-state index in [0.29, 0.717) is 0 Å². The van der Waals surface area contributed by atoms with E-state index in [9.17, 15) is 0 Å². The maximum atomic E-state index is 8.99. The van der Waals surface area contributed by atoms with E-state index in [1.807, 2.05) is 0 Å². The highest BCUT2D eigenvalue weighted by Crippen LogP contribution is 2.32. The van der Waals surface area contributed by atoms with Gasteiger partial charge in [-0.15, -0.1) is 0 Å². The van der Waals surface area contributed by atoms with E-state index in [0.717, 1.165) is 25.7 Å². The van der Waals surface area contributed by atoms with Crippen LogP contribution in [0.3, 0.4) is 0 Å². The van der Waals surface area contributed by atoms with Gasteiger partial charge in [0.05, 0.1) is 6.10 Å². The van der Waals surface area contributed by atoms with Crippen LogP contribution in [-0.4, -0.2) is 25.9 Å². The molecule has 1 aliphatic rings. The zero-order valence-corrected chi connectivity index (χ0v) is 7.67. The first-order valence-corrected chi connectivity index (χ1v) is 4.28. The van der Waals surface area contributed by atoms with Crippen molar-refractivity contribution in [1.29, 1.82) is 5.26 Å². The number of methoxy groups -OCH3 is 2. The van der Waals surface area contributed by atoms with Crippen LogP contribution in [0.15, 0.2) is 0 Å². The molecule has 0 heterocycles. The van der Waals surface area contributed by atoms with Crippen molar-refractivity contribution in [3.8, 4) is 6.07 Å². The highest BCUT2D eigenvalue weighted by molar-refractivity contribution is 5.08. The fourth-order valence-corrected chi connectivity index (χ4v) is 1.83. The van der Waals surface area contributed by atoms with Crippen molar-refractivity contribution < 1.29 is 9.47 Å². The Morgan fingerprint density at radius 2 is 2.17 bits per heavy atom. The van der Waals surface area contributed by atoms with E-state index in [4.69, 9.17) is 14.7 Å². The Morgan fingerprint density at radius 3 is 2.58 bits per heavy atom. The van der Waals surface area contributed by atoms with E-state index in [1.165, 1.54) is 0 Å². The first-order chi connectivity index (χ1) is 5.79. The number of ether oxygens (including phenoxy) is 2. The van der Waals surface area contributed by atoms with Crippen LogP contribution in [0.4, 0.5) is 0 Å². The minimum Gasteiger partial charge on any atom is -0.377 e. The molecular weight excluding hydrogens is 154 g/mol. The average Bonchev–Trinajstić information content (AvgIpc) is 2.17.